The fraction of sp³-hybridized carbons (Fsp3) is 0.468. The number of piperidine rings is 2. The minimum absolute atomic E-state index is 0. The number of hydrogen-bond donors (Lipinski definition) is 7. The van der Waals surface area contributed by atoms with Crippen molar-refractivity contribution < 1.29 is 96.0 Å². The molecule has 0 aromatic carbocycles. The van der Waals surface area contributed by atoms with Crippen molar-refractivity contribution in [2.45, 2.75) is 153 Å². The number of thioether (sulfide) groups is 1. The van der Waals surface area contributed by atoms with Gasteiger partial charge in [-0.25, -0.2) is 48.8 Å². The van der Waals surface area contributed by atoms with Crippen molar-refractivity contribution in [3.63, 3.8) is 0 Å². The van der Waals surface area contributed by atoms with E-state index in [0.717, 1.165) is 159 Å². The minimum atomic E-state index is -4.54. The first kappa shape index (κ1) is 86.1. The molecule has 4 fully saturated rings. The normalized spacial score (nSPS) is 17.5. The molecule has 8 aromatic heterocycles. The largest absolute Gasteiger partial charge is 1.00 e. The van der Waals surface area contributed by atoms with Crippen LogP contribution >= 0.6 is 55.4 Å². The first-order chi connectivity index (χ1) is 47.2. The Bertz CT molecular complexity index is 4140. The van der Waals surface area contributed by atoms with Gasteiger partial charge in [0.05, 0.1) is 55.3 Å². The van der Waals surface area contributed by atoms with E-state index in [1.807, 2.05) is 43.8 Å². The van der Waals surface area contributed by atoms with Crippen LogP contribution in [0.5, 0.6) is 0 Å². The smallest absolute Gasteiger partial charge is 0.778 e. The van der Waals surface area contributed by atoms with Crippen molar-refractivity contribution in [1.82, 2.24) is 59.5 Å². The zero-order chi connectivity index (χ0) is 74.2. The van der Waals surface area contributed by atoms with E-state index in [1.54, 1.807) is 18.6 Å². The second-order valence-corrected chi connectivity index (χ2v) is 31.3. The molecule has 22 nitrogen and oxygen atoms in total. The van der Waals surface area contributed by atoms with Crippen molar-refractivity contribution in [2.75, 3.05) is 71.8 Å². The van der Waals surface area contributed by atoms with Gasteiger partial charge in [-0.2, -0.15) is 52.7 Å². The molecule has 2 spiro atoms. The number of hydrogen-bond acceptors (Lipinski definition) is 22. The number of pyridine rings is 4. The van der Waals surface area contributed by atoms with Crippen molar-refractivity contribution in [3.8, 4) is 0 Å². The van der Waals surface area contributed by atoms with E-state index in [2.05, 4.69) is 108 Å². The molecule has 0 unspecified atom stereocenters. The van der Waals surface area contributed by atoms with E-state index in [4.69, 9.17) is 28.7 Å². The first-order valence-corrected chi connectivity index (χ1v) is 35.9. The molecule has 2 saturated heterocycles. The van der Waals surface area contributed by atoms with Gasteiger partial charge in [0.1, 0.15) is 23.3 Å². The Hall–Kier alpha value is -5.82. The predicted octanol–water partition coefficient (Wildman–Crippen LogP) is 11.2. The van der Waals surface area contributed by atoms with E-state index < -0.39 is 63.9 Å². The van der Waals surface area contributed by atoms with E-state index in [9.17, 15) is 61.7 Å². The van der Waals surface area contributed by atoms with Crippen LogP contribution in [0.25, 0.3) is 11.3 Å². The maximum absolute atomic E-state index is 13.5. The topological polar surface area (TPSA) is 339 Å². The molecule has 2 saturated carbocycles. The number of alkyl halides is 12. The van der Waals surface area contributed by atoms with Gasteiger partial charge in [0.15, 0.2) is 11.3 Å². The van der Waals surface area contributed by atoms with Crippen molar-refractivity contribution in [1.29, 1.82) is 0 Å². The third kappa shape index (κ3) is 22.2. The van der Waals surface area contributed by atoms with Gasteiger partial charge in [0.2, 0.25) is 11.9 Å². The number of imidazole rings is 2. The number of fused-ring (bicyclic) bond motifs is 2. The van der Waals surface area contributed by atoms with Crippen molar-refractivity contribution in [3.05, 3.63) is 117 Å². The maximum Gasteiger partial charge on any atom is 1.00 e. The number of esters is 1. The third-order valence-corrected chi connectivity index (χ3v) is 22.5. The van der Waals surface area contributed by atoms with Crippen LogP contribution in [0.15, 0.2) is 115 Å². The molecule has 0 bridgehead atoms. The second kappa shape index (κ2) is 35.7. The maximum atomic E-state index is 13.5. The average Bonchev–Trinajstić information content (AvgIpc) is 1.69. The number of ether oxygens (including phenoxy) is 1. The molecule has 103 heavy (non-hydrogen) atoms. The van der Waals surface area contributed by atoms with E-state index in [1.165, 1.54) is 32.8 Å². The molecule has 2 aliphatic heterocycles. The standard InChI is InChI=1S/C21H24F3N7S.C19H28BrN5OS.C10H11F3N2O2S.C6H4BrF3N2.C6H5F3N2S.H3N.Na/c22-21(23,24)13-10-17(26)28-11-14(13)32-15-12-29-19(31-9-6-27-18(15)31)30-7-4-20(5-8-30)3-1-2-16(20)25;1-18(2,3)27(26)23-15-5-4-6-19(15)7-10-24(11-8-19)17-22-13-14(20)16-21-9-12-25(16)17;1-17-9(16)2-3-18-7-5-15-8(14)4-6(7)10(11,12)13;7-4-2-12-5(11)1-3(4)6(8,9)10;7-6(8,9)3-1-5(10)11-2-4(3)12;;/h6,9-12,16H,1-5,7-8,25H2,(H2,26,28);9,12-13,15,23H,4-8,10-11H2,1-3H3;4-5H,2-3H2,1H3,(H2,14,15);1-2H,(H2,11,12);1-2,12H,(H2,10,11);1H3;/q;;;;;;+1/p-1/t16-;15-,27-;;;;;/m11...../s1. The van der Waals surface area contributed by atoms with E-state index >= 15 is 0 Å². The molecule has 4 aliphatic rings. The Labute approximate surface area is 640 Å². The van der Waals surface area contributed by atoms with Crippen LogP contribution in [0.1, 0.15) is 114 Å². The van der Waals surface area contributed by atoms with Crippen LogP contribution in [0.4, 0.5) is 87.9 Å². The number of methoxy groups -OCH3 is 1. The van der Waals surface area contributed by atoms with Crippen LogP contribution in [0, 0.1) is 10.8 Å². The molecule has 0 amide bonds. The summed E-state index contributed by atoms with van der Waals surface area (Å²) in [4.78, 5) is 47.9. The molecule has 0 radical (unpaired) electrons. The van der Waals surface area contributed by atoms with Gasteiger partial charge in [-0.05, 0) is 139 Å². The van der Waals surface area contributed by atoms with Gasteiger partial charge in [-0.15, -0.1) is 16.7 Å². The van der Waals surface area contributed by atoms with Gasteiger partial charge in [-0.3, -0.25) is 13.6 Å². The van der Waals surface area contributed by atoms with Gasteiger partial charge in [0.25, 0.3) is 0 Å². The van der Waals surface area contributed by atoms with Crippen LogP contribution in [0.3, 0.4) is 0 Å². The molecular weight excluding hydrogens is 1600 g/mol. The molecule has 558 valence electrons. The summed E-state index contributed by atoms with van der Waals surface area (Å²) in [6.45, 7) is 9.76. The molecule has 3 atom stereocenters. The fourth-order valence-corrected chi connectivity index (χ4v) is 16.0. The Balaban J connectivity index is 0.000000212. The number of aromatic nitrogens is 10. The minimum Gasteiger partial charge on any atom is -0.778 e. The molecule has 2 aliphatic carbocycles. The number of nitrogens with two attached hydrogens (primary N) is 5. The molecular formula is C62H74Br2F12N19NaO3S4. The quantitative estimate of drug-likeness (QED) is 0.0220. The van der Waals surface area contributed by atoms with Crippen molar-refractivity contribution >= 4 is 131 Å². The number of nitrogens with one attached hydrogen (secondary N) is 1. The van der Waals surface area contributed by atoms with Crippen LogP contribution < -0.4 is 78.9 Å². The predicted molar refractivity (Wildman–Crippen MR) is 376 cm³/mol. The van der Waals surface area contributed by atoms with Crippen LogP contribution in [0.2, 0.25) is 0 Å². The summed E-state index contributed by atoms with van der Waals surface area (Å²) in [7, 11) is 0.212. The summed E-state index contributed by atoms with van der Waals surface area (Å²) in [5.74, 6) is 0.712. The number of nitrogens with zero attached hydrogens (tertiary/aromatic N) is 12. The Kier molecular flexibility index (Phi) is 29.9. The Morgan fingerprint density at radius 2 is 1.03 bits per heavy atom. The number of anilines is 6. The van der Waals surface area contributed by atoms with Gasteiger partial charge in [-0.1, -0.05) is 24.6 Å². The first-order valence-electron chi connectivity index (χ1n) is 31.0. The third-order valence-electron chi connectivity index (χ3n) is 17.3. The number of nitrogen functional groups attached to an aromatic ring is 4. The van der Waals surface area contributed by atoms with Gasteiger partial charge in [0, 0.05) is 126 Å². The van der Waals surface area contributed by atoms with Gasteiger partial charge < -0.3 is 62.0 Å². The Morgan fingerprint density at radius 3 is 1.52 bits per heavy atom. The van der Waals surface area contributed by atoms with Crippen LogP contribution in [-0.4, -0.2) is 115 Å². The molecule has 10 heterocycles. The monoisotopic (exact) mass is 1670 g/mol. The number of carbonyl (C=O) groups is 1. The second-order valence-electron chi connectivity index (χ2n) is 24.9. The van der Waals surface area contributed by atoms with E-state index in [0.29, 0.717) is 16.6 Å². The molecule has 41 heteroatoms. The molecule has 14 N–H and O–H groups in total. The molecule has 8 aromatic rings. The summed E-state index contributed by atoms with van der Waals surface area (Å²) < 4.78 is 176. The SMILES string of the molecule is CC(C)(C)[S@@](=O)N[C@@H]1CCCC12CCN(c1ncc(Br)c3nccn13)CC2.COC(=O)CCSc1cnc(N)cc1C(F)(F)F.N.Nc1cc(C(F)(F)F)c(Br)cn1.Nc1cc(C(F)(F)F)c(Sc2cnc(N3CCC4(CCC[C@H]4N)CC3)n3ccnc23)cn1.Nc1cc(C(F)(F)F)c([S-])cn1.[Na+]. The van der Waals surface area contributed by atoms with Crippen molar-refractivity contribution in [2.24, 2.45) is 16.6 Å². The zero-order valence-corrected chi connectivity index (χ0v) is 64.6. The summed E-state index contributed by atoms with van der Waals surface area (Å²) in [6, 6.07) is 3.75. The summed E-state index contributed by atoms with van der Waals surface area (Å²) in [5.41, 5.74) is 25.8. The fourth-order valence-electron chi connectivity index (χ4n) is 12.0. The number of rotatable bonds is 10. The zero-order valence-electron chi connectivity index (χ0n) is 56.2. The Morgan fingerprint density at radius 1 is 0.602 bits per heavy atom. The van der Waals surface area contributed by atoms with Crippen LogP contribution in [-0.2, 0) is 57.9 Å². The van der Waals surface area contributed by atoms with Gasteiger partial charge >= 0.3 is 60.2 Å². The number of carbonyl (C=O) groups excluding carboxylic acids is 1. The summed E-state index contributed by atoms with van der Waals surface area (Å²) in [6.07, 6.45) is 8.26. The average molecular weight is 1670 g/mol. The summed E-state index contributed by atoms with van der Waals surface area (Å²) >= 11 is 12.5. The molecule has 12 rings (SSSR count). The van der Waals surface area contributed by atoms with E-state index in [-0.39, 0.29) is 112 Å². The summed E-state index contributed by atoms with van der Waals surface area (Å²) in [5, 5.41) is 0. The number of halogens is 14.